The minimum atomic E-state index is -0.305. The molecule has 2 N–H and O–H groups in total. The van der Waals surface area contributed by atoms with Gasteiger partial charge in [0.05, 0.1) is 25.5 Å². The topological polar surface area (TPSA) is 72.5 Å². The van der Waals surface area contributed by atoms with Gasteiger partial charge in [-0.25, -0.2) is 9.37 Å². The summed E-state index contributed by atoms with van der Waals surface area (Å²) in [6, 6.07) is 14.7. The number of hydrogen-bond donors (Lipinski definition) is 2. The van der Waals surface area contributed by atoms with Crippen molar-refractivity contribution in [1.82, 2.24) is 4.98 Å². The Hall–Kier alpha value is -3.61. The number of rotatable bonds is 7. The molecule has 0 aliphatic heterocycles. The van der Waals surface area contributed by atoms with Gasteiger partial charge in [-0.1, -0.05) is 12.1 Å². The maximum absolute atomic E-state index is 12.9. The summed E-state index contributed by atoms with van der Waals surface area (Å²) in [5.41, 5.74) is 1.87. The number of aromatic nitrogens is 1. The van der Waals surface area contributed by atoms with E-state index in [0.717, 1.165) is 5.56 Å². The fourth-order valence-corrected chi connectivity index (χ4v) is 2.52. The fraction of sp³-hybridized carbons (Fsp3) is 0.143. The molecule has 0 saturated heterocycles. The van der Waals surface area contributed by atoms with Crippen LogP contribution in [0.3, 0.4) is 0 Å². The Labute approximate surface area is 162 Å². The van der Waals surface area contributed by atoms with Gasteiger partial charge in [0, 0.05) is 18.8 Å². The zero-order valence-corrected chi connectivity index (χ0v) is 15.5. The average Bonchev–Trinajstić information content (AvgIpc) is 2.74. The van der Waals surface area contributed by atoms with Crippen LogP contribution in [0, 0.1) is 5.82 Å². The number of amides is 1. The van der Waals surface area contributed by atoms with Crippen LogP contribution in [-0.2, 0) is 6.54 Å². The molecular weight excluding hydrogens is 361 g/mol. The lowest BCUT2D eigenvalue weighted by Gasteiger charge is -2.12. The molecule has 3 aromatic rings. The van der Waals surface area contributed by atoms with E-state index in [9.17, 15) is 9.18 Å². The lowest BCUT2D eigenvalue weighted by molar-refractivity contribution is 0.102. The van der Waals surface area contributed by atoms with Crippen molar-refractivity contribution in [3.63, 3.8) is 0 Å². The molecule has 0 atom stereocenters. The molecule has 144 valence electrons. The summed E-state index contributed by atoms with van der Waals surface area (Å²) in [4.78, 5) is 16.7. The number of anilines is 2. The lowest BCUT2D eigenvalue weighted by atomic mass is 10.2. The van der Waals surface area contributed by atoms with Crippen molar-refractivity contribution >= 4 is 17.4 Å². The number of methoxy groups -OCH3 is 2. The van der Waals surface area contributed by atoms with Crippen LogP contribution >= 0.6 is 0 Å². The van der Waals surface area contributed by atoms with Crippen LogP contribution in [0.2, 0.25) is 0 Å². The van der Waals surface area contributed by atoms with Gasteiger partial charge in [0.25, 0.3) is 5.91 Å². The van der Waals surface area contributed by atoms with E-state index in [0.29, 0.717) is 35.1 Å². The van der Waals surface area contributed by atoms with Gasteiger partial charge in [0.15, 0.2) is 0 Å². The van der Waals surface area contributed by atoms with Gasteiger partial charge in [-0.05, 0) is 42.0 Å². The van der Waals surface area contributed by atoms with Crippen molar-refractivity contribution in [3.05, 3.63) is 77.7 Å². The molecule has 0 spiro atoms. The number of halogens is 1. The van der Waals surface area contributed by atoms with Crippen LogP contribution in [-0.4, -0.2) is 25.1 Å². The molecule has 0 bridgehead atoms. The van der Waals surface area contributed by atoms with Gasteiger partial charge < -0.3 is 20.1 Å². The van der Waals surface area contributed by atoms with Crippen LogP contribution in [0.25, 0.3) is 0 Å². The quantitative estimate of drug-likeness (QED) is 0.645. The van der Waals surface area contributed by atoms with Crippen molar-refractivity contribution in [2.45, 2.75) is 6.54 Å². The number of pyridine rings is 1. The van der Waals surface area contributed by atoms with Gasteiger partial charge in [-0.15, -0.1) is 0 Å². The van der Waals surface area contributed by atoms with Crippen molar-refractivity contribution < 1.29 is 18.7 Å². The molecule has 1 amide bonds. The standard InChI is InChI=1S/C21H20FN3O3/c1-27-17-8-9-18(19(11-17)28-2)25-21(26)15-5-10-20(24-13-15)23-12-14-3-6-16(22)7-4-14/h3-11,13H,12H2,1-2H3,(H,23,24)(H,25,26). The van der Waals surface area contributed by atoms with Crippen LogP contribution in [0.4, 0.5) is 15.9 Å². The molecule has 2 aromatic carbocycles. The minimum absolute atomic E-state index is 0.272. The van der Waals surface area contributed by atoms with Crippen LogP contribution in [0.1, 0.15) is 15.9 Å². The lowest BCUT2D eigenvalue weighted by Crippen LogP contribution is -2.13. The first-order valence-corrected chi connectivity index (χ1v) is 8.57. The largest absolute Gasteiger partial charge is 0.497 e. The maximum Gasteiger partial charge on any atom is 0.257 e. The molecule has 6 nitrogen and oxygen atoms in total. The predicted molar refractivity (Wildman–Crippen MR) is 105 cm³/mol. The Balaban J connectivity index is 1.62. The second-order valence-electron chi connectivity index (χ2n) is 5.93. The number of benzene rings is 2. The van der Waals surface area contributed by atoms with Crippen molar-refractivity contribution in [2.24, 2.45) is 0 Å². The highest BCUT2D eigenvalue weighted by Gasteiger charge is 2.11. The van der Waals surface area contributed by atoms with E-state index in [-0.39, 0.29) is 11.7 Å². The molecule has 0 saturated carbocycles. The summed E-state index contributed by atoms with van der Waals surface area (Å²) < 4.78 is 23.4. The fourth-order valence-electron chi connectivity index (χ4n) is 2.52. The normalized spacial score (nSPS) is 10.2. The van der Waals surface area contributed by atoms with Gasteiger partial charge >= 0.3 is 0 Å². The van der Waals surface area contributed by atoms with E-state index in [2.05, 4.69) is 15.6 Å². The zero-order chi connectivity index (χ0) is 19.9. The zero-order valence-electron chi connectivity index (χ0n) is 15.5. The molecule has 0 radical (unpaired) electrons. The van der Waals surface area contributed by atoms with Crippen LogP contribution in [0.5, 0.6) is 11.5 Å². The van der Waals surface area contributed by atoms with Gasteiger partial charge in [-0.3, -0.25) is 4.79 Å². The summed E-state index contributed by atoms with van der Waals surface area (Å²) in [6.45, 7) is 0.502. The number of ether oxygens (including phenoxy) is 2. The summed E-state index contributed by atoms with van der Waals surface area (Å²) in [6.07, 6.45) is 1.48. The Bertz CT molecular complexity index is 944. The Morgan fingerprint density at radius 2 is 1.82 bits per heavy atom. The van der Waals surface area contributed by atoms with Crippen molar-refractivity contribution in [3.8, 4) is 11.5 Å². The predicted octanol–water partition coefficient (Wildman–Crippen LogP) is 4.10. The first-order chi connectivity index (χ1) is 13.6. The molecule has 7 heteroatoms. The highest BCUT2D eigenvalue weighted by molar-refractivity contribution is 6.05. The third kappa shape index (κ3) is 4.76. The highest BCUT2D eigenvalue weighted by Crippen LogP contribution is 2.29. The Morgan fingerprint density at radius 3 is 2.46 bits per heavy atom. The number of nitrogens with zero attached hydrogens (tertiary/aromatic N) is 1. The first kappa shape index (κ1) is 19.2. The SMILES string of the molecule is COc1ccc(NC(=O)c2ccc(NCc3ccc(F)cc3)nc2)c(OC)c1. The molecule has 0 aliphatic carbocycles. The second kappa shape index (κ2) is 8.85. The van der Waals surface area contributed by atoms with E-state index >= 15 is 0 Å². The average molecular weight is 381 g/mol. The third-order valence-electron chi connectivity index (χ3n) is 4.07. The summed E-state index contributed by atoms with van der Waals surface area (Å²) in [5.74, 6) is 1.17. The Morgan fingerprint density at radius 1 is 1.04 bits per heavy atom. The summed E-state index contributed by atoms with van der Waals surface area (Å²) in [7, 11) is 3.08. The minimum Gasteiger partial charge on any atom is -0.497 e. The van der Waals surface area contributed by atoms with Crippen molar-refractivity contribution in [2.75, 3.05) is 24.9 Å². The molecule has 3 rings (SSSR count). The molecular formula is C21H20FN3O3. The Kier molecular flexibility index (Phi) is 6.06. The van der Waals surface area contributed by atoms with Crippen LogP contribution in [0.15, 0.2) is 60.8 Å². The number of carbonyl (C=O) groups excluding carboxylic acids is 1. The first-order valence-electron chi connectivity index (χ1n) is 8.57. The van der Waals surface area contributed by atoms with E-state index in [1.807, 2.05) is 0 Å². The molecule has 1 aromatic heterocycles. The van der Waals surface area contributed by atoms with E-state index in [1.54, 1.807) is 49.6 Å². The van der Waals surface area contributed by atoms with E-state index in [1.165, 1.54) is 25.4 Å². The van der Waals surface area contributed by atoms with Gasteiger partial charge in [0.2, 0.25) is 0 Å². The summed E-state index contributed by atoms with van der Waals surface area (Å²) in [5, 5.41) is 5.92. The monoisotopic (exact) mass is 381 g/mol. The van der Waals surface area contributed by atoms with Gasteiger partial charge in [0.1, 0.15) is 23.1 Å². The smallest absolute Gasteiger partial charge is 0.257 e. The summed E-state index contributed by atoms with van der Waals surface area (Å²) >= 11 is 0. The molecule has 28 heavy (non-hydrogen) atoms. The van der Waals surface area contributed by atoms with E-state index < -0.39 is 0 Å². The van der Waals surface area contributed by atoms with Gasteiger partial charge in [-0.2, -0.15) is 0 Å². The molecule has 0 aliphatic rings. The maximum atomic E-state index is 12.9. The number of carbonyl (C=O) groups is 1. The second-order valence-corrected chi connectivity index (χ2v) is 5.93. The van der Waals surface area contributed by atoms with Crippen LogP contribution < -0.4 is 20.1 Å². The molecule has 0 fully saturated rings. The van der Waals surface area contributed by atoms with Crippen molar-refractivity contribution in [1.29, 1.82) is 0 Å². The molecule has 1 heterocycles. The number of hydrogen-bond acceptors (Lipinski definition) is 5. The van der Waals surface area contributed by atoms with E-state index in [4.69, 9.17) is 9.47 Å². The number of nitrogens with one attached hydrogen (secondary N) is 2. The molecule has 0 unspecified atom stereocenters. The third-order valence-corrected chi connectivity index (χ3v) is 4.07. The highest BCUT2D eigenvalue weighted by atomic mass is 19.1.